The van der Waals surface area contributed by atoms with Gasteiger partial charge in [-0.2, -0.15) is 0 Å². The van der Waals surface area contributed by atoms with Gasteiger partial charge in [-0.25, -0.2) is 0 Å². The van der Waals surface area contributed by atoms with Crippen LogP contribution in [0.1, 0.15) is 40.4 Å². The van der Waals surface area contributed by atoms with Crippen LogP contribution in [0.5, 0.6) is 5.75 Å². The smallest absolute Gasteiger partial charge is 0.248 e. The van der Waals surface area contributed by atoms with Crippen LogP contribution in [0.25, 0.3) is 0 Å². The van der Waals surface area contributed by atoms with Crippen LogP contribution in [0, 0.1) is 0 Å². The third kappa shape index (κ3) is 7.10. The molecule has 0 spiro atoms. The van der Waals surface area contributed by atoms with Crippen molar-refractivity contribution in [3.05, 3.63) is 65.2 Å². The van der Waals surface area contributed by atoms with Crippen LogP contribution in [-0.2, 0) is 6.54 Å². The summed E-state index contributed by atoms with van der Waals surface area (Å²) in [6.07, 6.45) is 2.46. The van der Waals surface area contributed by atoms with E-state index in [0.29, 0.717) is 12.1 Å². The lowest BCUT2D eigenvalue weighted by atomic mass is 10.1. The molecule has 8 heteroatoms. The fourth-order valence-electron chi connectivity index (χ4n) is 3.75. The van der Waals surface area contributed by atoms with Crippen molar-refractivity contribution in [3.8, 4) is 5.75 Å². The highest BCUT2D eigenvalue weighted by Crippen LogP contribution is 2.27. The molecule has 0 radical (unpaired) electrons. The summed E-state index contributed by atoms with van der Waals surface area (Å²) >= 11 is 0. The number of nitrogens with two attached hydrogens (primary N) is 1. The number of aliphatic imine (C=N–C) groups is 1. The van der Waals surface area contributed by atoms with E-state index in [4.69, 9.17) is 10.5 Å². The second-order valence-corrected chi connectivity index (χ2v) is 7.40. The monoisotopic (exact) mass is 537 g/mol. The summed E-state index contributed by atoms with van der Waals surface area (Å²) in [5.41, 5.74) is 8.09. The number of benzene rings is 2. The Morgan fingerprint density at radius 1 is 1.16 bits per heavy atom. The standard InChI is InChI=1S/C23H31N5O2.HI/c1-25-23(26-15-17-8-10-18(11-9-17)22(24)29)27-16-21(28-12-3-4-13-28)19-6-5-7-20(14-19)30-2;/h5-11,14,21H,3-4,12-13,15-16H2,1-2H3,(H2,24,29)(H2,25,26,27);1H. The lowest BCUT2D eigenvalue weighted by molar-refractivity contribution is 0.100. The van der Waals surface area contributed by atoms with Crippen LogP contribution in [0.4, 0.5) is 0 Å². The van der Waals surface area contributed by atoms with Crippen LogP contribution in [-0.4, -0.2) is 50.6 Å². The summed E-state index contributed by atoms with van der Waals surface area (Å²) in [5, 5.41) is 6.80. The largest absolute Gasteiger partial charge is 0.497 e. The Kier molecular flexibility index (Phi) is 10.1. The highest BCUT2D eigenvalue weighted by molar-refractivity contribution is 14.0. The van der Waals surface area contributed by atoms with Crippen molar-refractivity contribution >= 4 is 35.8 Å². The van der Waals surface area contributed by atoms with Crippen molar-refractivity contribution in [2.75, 3.05) is 33.8 Å². The van der Waals surface area contributed by atoms with Crippen molar-refractivity contribution in [1.29, 1.82) is 0 Å². The Balaban J connectivity index is 0.00000341. The Morgan fingerprint density at radius 3 is 2.48 bits per heavy atom. The number of nitrogens with one attached hydrogen (secondary N) is 2. The summed E-state index contributed by atoms with van der Waals surface area (Å²) in [7, 11) is 3.46. The molecule has 0 aromatic heterocycles. The van der Waals surface area contributed by atoms with Crippen molar-refractivity contribution in [2.24, 2.45) is 10.7 Å². The van der Waals surface area contributed by atoms with E-state index >= 15 is 0 Å². The second kappa shape index (κ2) is 12.5. The number of rotatable bonds is 8. The topological polar surface area (TPSA) is 92.0 Å². The molecule has 1 heterocycles. The normalized spacial score (nSPS) is 15.1. The van der Waals surface area contributed by atoms with Gasteiger partial charge in [-0.05, 0) is 61.3 Å². The van der Waals surface area contributed by atoms with Crippen molar-refractivity contribution in [2.45, 2.75) is 25.4 Å². The molecule has 0 aliphatic carbocycles. The van der Waals surface area contributed by atoms with Crippen molar-refractivity contribution in [1.82, 2.24) is 15.5 Å². The maximum atomic E-state index is 11.2. The molecule has 7 nitrogen and oxygen atoms in total. The number of primary amides is 1. The number of carbonyl (C=O) groups is 1. The number of likely N-dealkylation sites (tertiary alicyclic amines) is 1. The van der Waals surface area contributed by atoms with E-state index in [1.807, 2.05) is 24.3 Å². The minimum atomic E-state index is -0.419. The number of nitrogens with zero attached hydrogens (tertiary/aromatic N) is 2. The van der Waals surface area contributed by atoms with Gasteiger partial charge in [0.05, 0.1) is 13.2 Å². The number of hydrogen-bond donors (Lipinski definition) is 3. The zero-order valence-corrected chi connectivity index (χ0v) is 20.5. The molecule has 2 aromatic carbocycles. The molecule has 168 valence electrons. The Labute approximate surface area is 201 Å². The number of carbonyl (C=O) groups excluding carboxylic acids is 1. The molecule has 1 unspecified atom stereocenters. The van der Waals surface area contributed by atoms with Crippen molar-refractivity contribution in [3.63, 3.8) is 0 Å². The summed E-state index contributed by atoms with van der Waals surface area (Å²) in [6, 6.07) is 15.8. The van der Waals surface area contributed by atoms with Gasteiger partial charge in [0.1, 0.15) is 5.75 Å². The molecule has 1 fully saturated rings. The van der Waals surface area contributed by atoms with Gasteiger partial charge >= 0.3 is 0 Å². The summed E-state index contributed by atoms with van der Waals surface area (Å²) < 4.78 is 5.42. The first-order chi connectivity index (χ1) is 14.6. The van der Waals surface area contributed by atoms with E-state index in [0.717, 1.165) is 36.9 Å². The van der Waals surface area contributed by atoms with Gasteiger partial charge in [-0.3, -0.25) is 14.7 Å². The molecule has 0 bridgehead atoms. The number of halogens is 1. The number of methoxy groups -OCH3 is 1. The van der Waals surface area contributed by atoms with E-state index in [2.05, 4.69) is 32.7 Å². The van der Waals surface area contributed by atoms with Gasteiger partial charge in [0.2, 0.25) is 5.91 Å². The zero-order chi connectivity index (χ0) is 21.3. The van der Waals surface area contributed by atoms with Crippen LogP contribution < -0.4 is 21.1 Å². The molecule has 31 heavy (non-hydrogen) atoms. The van der Waals surface area contributed by atoms with E-state index in [-0.39, 0.29) is 30.0 Å². The highest BCUT2D eigenvalue weighted by Gasteiger charge is 2.24. The Morgan fingerprint density at radius 2 is 1.87 bits per heavy atom. The van der Waals surface area contributed by atoms with Crippen molar-refractivity contribution < 1.29 is 9.53 Å². The molecule has 3 rings (SSSR count). The predicted octanol–water partition coefficient (Wildman–Crippen LogP) is 2.91. The molecule has 2 aromatic rings. The molecule has 1 aliphatic rings. The van der Waals surface area contributed by atoms with E-state index < -0.39 is 5.91 Å². The first kappa shape index (κ1) is 24.9. The van der Waals surface area contributed by atoms with Crippen LogP contribution in [0.15, 0.2) is 53.5 Å². The first-order valence-electron chi connectivity index (χ1n) is 10.3. The number of guanidine groups is 1. The lowest BCUT2D eigenvalue weighted by Gasteiger charge is -2.29. The zero-order valence-electron chi connectivity index (χ0n) is 18.1. The lowest BCUT2D eigenvalue weighted by Crippen LogP contribution is -2.42. The van der Waals surface area contributed by atoms with E-state index in [1.165, 1.54) is 18.4 Å². The van der Waals surface area contributed by atoms with Gasteiger partial charge in [-0.1, -0.05) is 24.3 Å². The fourth-order valence-corrected chi connectivity index (χ4v) is 3.75. The molecular weight excluding hydrogens is 505 g/mol. The average Bonchev–Trinajstić information content (AvgIpc) is 3.31. The number of amides is 1. The minimum absolute atomic E-state index is 0. The molecule has 1 aliphatic heterocycles. The Hall–Kier alpha value is -2.33. The maximum absolute atomic E-state index is 11.2. The summed E-state index contributed by atoms with van der Waals surface area (Å²) in [5.74, 6) is 1.19. The quantitative estimate of drug-likeness (QED) is 0.274. The number of hydrogen-bond acceptors (Lipinski definition) is 4. The number of ether oxygens (including phenoxy) is 1. The molecule has 1 saturated heterocycles. The van der Waals surface area contributed by atoms with Gasteiger partial charge in [-0.15, -0.1) is 24.0 Å². The van der Waals surface area contributed by atoms with Crippen LogP contribution >= 0.6 is 24.0 Å². The molecule has 0 saturated carbocycles. The molecular formula is C23H32IN5O2. The second-order valence-electron chi connectivity index (χ2n) is 7.40. The third-order valence-corrected chi connectivity index (χ3v) is 5.44. The van der Waals surface area contributed by atoms with Crippen LogP contribution in [0.2, 0.25) is 0 Å². The first-order valence-corrected chi connectivity index (χ1v) is 10.3. The minimum Gasteiger partial charge on any atom is -0.497 e. The molecule has 4 N–H and O–H groups in total. The van der Waals surface area contributed by atoms with E-state index in [9.17, 15) is 4.79 Å². The fraction of sp³-hybridized carbons (Fsp3) is 0.391. The SMILES string of the molecule is CN=C(NCc1ccc(C(N)=O)cc1)NCC(c1cccc(OC)c1)N1CCCC1.I. The summed E-state index contributed by atoms with van der Waals surface area (Å²) in [6.45, 7) is 3.54. The maximum Gasteiger partial charge on any atom is 0.248 e. The van der Waals surface area contributed by atoms with E-state index in [1.54, 1.807) is 26.3 Å². The summed E-state index contributed by atoms with van der Waals surface area (Å²) in [4.78, 5) is 18.1. The van der Waals surface area contributed by atoms with Gasteiger partial charge in [0.25, 0.3) is 0 Å². The van der Waals surface area contributed by atoms with Gasteiger partial charge in [0.15, 0.2) is 5.96 Å². The average molecular weight is 537 g/mol. The van der Waals surface area contributed by atoms with Crippen LogP contribution in [0.3, 0.4) is 0 Å². The Bertz CT molecular complexity index is 867. The molecule has 1 atom stereocenters. The van der Waals surface area contributed by atoms with Gasteiger partial charge in [0, 0.05) is 25.7 Å². The highest BCUT2D eigenvalue weighted by atomic mass is 127. The third-order valence-electron chi connectivity index (χ3n) is 5.44. The van der Waals surface area contributed by atoms with Gasteiger partial charge < -0.3 is 21.1 Å². The molecule has 1 amide bonds. The predicted molar refractivity (Wildman–Crippen MR) is 135 cm³/mol.